The number of hydrogen-bond acceptors (Lipinski definition) is 4. The predicted molar refractivity (Wildman–Crippen MR) is 74.6 cm³/mol. The van der Waals surface area contributed by atoms with Crippen molar-refractivity contribution in [3.8, 4) is 11.3 Å². The average molecular weight is 292 g/mol. The molecule has 2 rings (SSSR count). The first-order valence-electron chi connectivity index (χ1n) is 6.71. The average Bonchev–Trinajstić information content (AvgIpc) is 2.87. The van der Waals surface area contributed by atoms with E-state index in [1.807, 2.05) is 6.92 Å². The lowest BCUT2D eigenvalue weighted by atomic mass is 10.1. The van der Waals surface area contributed by atoms with Gasteiger partial charge < -0.3 is 10.4 Å². The van der Waals surface area contributed by atoms with E-state index in [4.69, 9.17) is 0 Å². The Hall–Kier alpha value is -2.28. The Kier molecular flexibility index (Phi) is 4.99. The van der Waals surface area contributed by atoms with Crippen molar-refractivity contribution in [2.45, 2.75) is 26.5 Å². The zero-order chi connectivity index (χ0) is 15.2. The van der Waals surface area contributed by atoms with E-state index in [-0.39, 0.29) is 19.1 Å². The van der Waals surface area contributed by atoms with Crippen LogP contribution in [-0.4, -0.2) is 32.6 Å². The molecule has 1 amide bonds. The lowest BCUT2D eigenvalue weighted by molar-refractivity contribution is -0.121. The van der Waals surface area contributed by atoms with Gasteiger partial charge in [-0.05, 0) is 18.6 Å². The van der Waals surface area contributed by atoms with Crippen molar-refractivity contribution in [2.75, 3.05) is 6.54 Å². The van der Waals surface area contributed by atoms with Gasteiger partial charge in [0.05, 0.1) is 12.3 Å². The summed E-state index contributed by atoms with van der Waals surface area (Å²) in [5, 5.41) is 19.8. The van der Waals surface area contributed by atoms with Crippen LogP contribution in [0.2, 0.25) is 0 Å². The van der Waals surface area contributed by atoms with E-state index in [2.05, 4.69) is 15.6 Å². The van der Waals surface area contributed by atoms with Crippen LogP contribution in [0.15, 0.2) is 24.3 Å². The molecule has 0 bridgehead atoms. The van der Waals surface area contributed by atoms with Crippen LogP contribution in [0, 0.1) is 5.82 Å². The Morgan fingerprint density at radius 2 is 2.29 bits per heavy atom. The summed E-state index contributed by atoms with van der Waals surface area (Å²) in [5.74, 6) is -0.608. The third-order valence-corrected chi connectivity index (χ3v) is 2.92. The number of halogens is 1. The predicted octanol–water partition coefficient (Wildman–Crippen LogP) is 1.10. The number of nitrogens with one attached hydrogen (secondary N) is 1. The summed E-state index contributed by atoms with van der Waals surface area (Å²) in [4.78, 5) is 11.8. The highest BCUT2D eigenvalue weighted by molar-refractivity contribution is 5.76. The van der Waals surface area contributed by atoms with Crippen LogP contribution in [0.1, 0.15) is 19.0 Å². The maximum atomic E-state index is 13.4. The molecule has 0 atom stereocenters. The number of amides is 1. The lowest BCUT2D eigenvalue weighted by Crippen LogP contribution is -2.28. The fourth-order valence-electron chi connectivity index (χ4n) is 1.97. The molecule has 0 spiro atoms. The van der Waals surface area contributed by atoms with Gasteiger partial charge in [-0.15, -0.1) is 5.10 Å². The van der Waals surface area contributed by atoms with Gasteiger partial charge in [0.1, 0.15) is 18.1 Å². The second-order valence-electron chi connectivity index (χ2n) is 4.56. The molecule has 7 heteroatoms. The molecule has 0 aliphatic carbocycles. The summed E-state index contributed by atoms with van der Waals surface area (Å²) in [6, 6.07) is 5.88. The molecular formula is C14H17FN4O2. The van der Waals surface area contributed by atoms with E-state index in [0.717, 1.165) is 6.42 Å². The standard InChI is InChI=1S/C14H17FN4O2/c1-2-6-16-13(21)8-19-14(12(9-20)17-18-19)10-4-3-5-11(15)7-10/h3-5,7,20H,2,6,8-9H2,1H3,(H,16,21). The SMILES string of the molecule is CCCNC(=O)Cn1nnc(CO)c1-c1cccc(F)c1. The maximum Gasteiger partial charge on any atom is 0.241 e. The second-order valence-corrected chi connectivity index (χ2v) is 4.56. The normalized spacial score (nSPS) is 10.6. The third-order valence-electron chi connectivity index (χ3n) is 2.92. The van der Waals surface area contributed by atoms with Gasteiger partial charge in [0.2, 0.25) is 5.91 Å². The van der Waals surface area contributed by atoms with Crippen molar-refractivity contribution in [1.82, 2.24) is 20.3 Å². The molecule has 112 valence electrons. The molecule has 0 aliphatic heterocycles. The minimum absolute atomic E-state index is 0.0289. The van der Waals surface area contributed by atoms with E-state index in [1.165, 1.54) is 16.8 Å². The number of aliphatic hydroxyl groups excluding tert-OH is 1. The van der Waals surface area contributed by atoms with E-state index < -0.39 is 5.82 Å². The molecule has 0 radical (unpaired) electrons. The summed E-state index contributed by atoms with van der Waals surface area (Å²) in [5.41, 5.74) is 1.28. The largest absolute Gasteiger partial charge is 0.390 e. The smallest absolute Gasteiger partial charge is 0.241 e. The van der Waals surface area contributed by atoms with Crippen molar-refractivity contribution in [2.24, 2.45) is 0 Å². The Balaban J connectivity index is 2.31. The molecule has 0 fully saturated rings. The molecule has 21 heavy (non-hydrogen) atoms. The Bertz CT molecular complexity index is 627. The van der Waals surface area contributed by atoms with Crippen molar-refractivity contribution in [1.29, 1.82) is 0 Å². The fraction of sp³-hybridized carbons (Fsp3) is 0.357. The first-order valence-corrected chi connectivity index (χ1v) is 6.71. The second kappa shape index (κ2) is 6.94. The molecule has 2 N–H and O–H groups in total. The number of carbonyl (C=O) groups is 1. The van der Waals surface area contributed by atoms with Crippen LogP contribution in [0.3, 0.4) is 0 Å². The quantitative estimate of drug-likeness (QED) is 0.835. The van der Waals surface area contributed by atoms with E-state index in [0.29, 0.717) is 23.5 Å². The van der Waals surface area contributed by atoms with E-state index in [1.54, 1.807) is 12.1 Å². The molecule has 1 heterocycles. The van der Waals surface area contributed by atoms with Gasteiger partial charge in [0.15, 0.2) is 0 Å². The summed E-state index contributed by atoms with van der Waals surface area (Å²) in [6.45, 7) is 2.18. The van der Waals surface area contributed by atoms with Crippen molar-refractivity contribution in [3.63, 3.8) is 0 Å². The van der Waals surface area contributed by atoms with Crippen LogP contribution in [0.5, 0.6) is 0 Å². The van der Waals surface area contributed by atoms with E-state index in [9.17, 15) is 14.3 Å². The van der Waals surface area contributed by atoms with Crippen LogP contribution >= 0.6 is 0 Å². The zero-order valence-electron chi connectivity index (χ0n) is 11.7. The molecule has 0 saturated carbocycles. The highest BCUT2D eigenvalue weighted by atomic mass is 19.1. The number of rotatable bonds is 6. The topological polar surface area (TPSA) is 80.0 Å². The Morgan fingerprint density at radius 1 is 1.48 bits per heavy atom. The number of hydrogen-bond donors (Lipinski definition) is 2. The molecule has 0 saturated heterocycles. The lowest BCUT2D eigenvalue weighted by Gasteiger charge is -2.08. The van der Waals surface area contributed by atoms with Gasteiger partial charge in [-0.3, -0.25) is 4.79 Å². The minimum Gasteiger partial charge on any atom is -0.390 e. The Labute approximate surface area is 121 Å². The monoisotopic (exact) mass is 292 g/mol. The number of benzene rings is 1. The zero-order valence-corrected chi connectivity index (χ0v) is 11.7. The van der Waals surface area contributed by atoms with Crippen molar-refractivity contribution in [3.05, 3.63) is 35.8 Å². The molecule has 1 aromatic heterocycles. The maximum absolute atomic E-state index is 13.4. The molecule has 2 aromatic rings. The molecule has 1 aromatic carbocycles. The fourth-order valence-corrected chi connectivity index (χ4v) is 1.97. The van der Waals surface area contributed by atoms with Gasteiger partial charge >= 0.3 is 0 Å². The molecule has 0 aliphatic rings. The van der Waals surface area contributed by atoms with Crippen molar-refractivity contribution >= 4 is 5.91 Å². The van der Waals surface area contributed by atoms with Gasteiger partial charge in [-0.1, -0.05) is 24.3 Å². The first kappa shape index (κ1) is 15.1. The highest BCUT2D eigenvalue weighted by Crippen LogP contribution is 2.23. The molecular weight excluding hydrogens is 275 g/mol. The number of carbonyl (C=O) groups excluding carboxylic acids is 1. The Morgan fingerprint density at radius 3 is 2.95 bits per heavy atom. The third kappa shape index (κ3) is 3.63. The van der Waals surface area contributed by atoms with Crippen molar-refractivity contribution < 1.29 is 14.3 Å². The summed E-state index contributed by atoms with van der Waals surface area (Å²) < 4.78 is 14.7. The summed E-state index contributed by atoms with van der Waals surface area (Å²) in [6.07, 6.45) is 0.835. The van der Waals surface area contributed by atoms with Crippen LogP contribution in [0.25, 0.3) is 11.3 Å². The van der Waals surface area contributed by atoms with E-state index >= 15 is 0 Å². The summed E-state index contributed by atoms with van der Waals surface area (Å²) in [7, 11) is 0. The van der Waals surface area contributed by atoms with Crippen LogP contribution < -0.4 is 5.32 Å². The summed E-state index contributed by atoms with van der Waals surface area (Å²) >= 11 is 0. The van der Waals surface area contributed by atoms with Crippen LogP contribution in [-0.2, 0) is 17.9 Å². The van der Waals surface area contributed by atoms with Gasteiger partial charge in [0.25, 0.3) is 0 Å². The molecule has 6 nitrogen and oxygen atoms in total. The minimum atomic E-state index is -0.403. The highest BCUT2D eigenvalue weighted by Gasteiger charge is 2.16. The van der Waals surface area contributed by atoms with Gasteiger partial charge in [-0.2, -0.15) is 0 Å². The molecule has 0 unspecified atom stereocenters. The van der Waals surface area contributed by atoms with Crippen LogP contribution in [0.4, 0.5) is 4.39 Å². The number of nitrogens with zero attached hydrogens (tertiary/aromatic N) is 3. The van der Waals surface area contributed by atoms with Gasteiger partial charge in [-0.25, -0.2) is 9.07 Å². The number of aromatic nitrogens is 3. The first-order chi connectivity index (χ1) is 10.2. The number of aliphatic hydroxyl groups is 1. The van der Waals surface area contributed by atoms with Gasteiger partial charge in [0, 0.05) is 12.1 Å².